The molecular formula is C10H9Br2ClN2OS. The molecule has 17 heavy (non-hydrogen) atoms. The molecule has 0 spiro atoms. The Morgan fingerprint density at radius 3 is 2.82 bits per heavy atom. The highest BCUT2D eigenvalue weighted by molar-refractivity contribution is 9.12. The number of aryl methyl sites for hydroxylation is 1. The van der Waals surface area contributed by atoms with Crippen LogP contribution in [0.3, 0.4) is 0 Å². The van der Waals surface area contributed by atoms with E-state index in [4.69, 9.17) is 11.6 Å². The van der Waals surface area contributed by atoms with Gasteiger partial charge in [0.25, 0.3) is 0 Å². The molecule has 0 aliphatic carbocycles. The van der Waals surface area contributed by atoms with E-state index >= 15 is 0 Å². The van der Waals surface area contributed by atoms with Gasteiger partial charge in [0, 0.05) is 12.1 Å². The van der Waals surface area contributed by atoms with E-state index in [1.54, 1.807) is 10.9 Å². The van der Waals surface area contributed by atoms with Crippen molar-refractivity contribution in [2.75, 3.05) is 0 Å². The molecule has 1 atom stereocenters. The predicted octanol–water partition coefficient (Wildman–Crippen LogP) is 4.22. The van der Waals surface area contributed by atoms with Gasteiger partial charge in [0.15, 0.2) is 0 Å². The number of thiophene rings is 1. The quantitative estimate of drug-likeness (QED) is 0.838. The van der Waals surface area contributed by atoms with Crippen LogP contribution in [0.25, 0.3) is 0 Å². The molecule has 2 aromatic heterocycles. The van der Waals surface area contributed by atoms with E-state index in [-0.39, 0.29) is 0 Å². The van der Waals surface area contributed by atoms with Gasteiger partial charge in [0.05, 0.1) is 24.5 Å². The Kier molecular flexibility index (Phi) is 4.31. The zero-order valence-corrected chi connectivity index (χ0v) is 13.6. The first-order valence-corrected chi connectivity index (χ1v) is 7.66. The van der Waals surface area contributed by atoms with Crippen LogP contribution >= 0.6 is 54.8 Å². The standard InChI is InChI=1S/C10H9Br2ClN2OS/c1-2-15-8(6(13)4-14-15)9(16)5-3-7(11)17-10(5)12/h3-4,9,16H,2H2,1H3. The van der Waals surface area contributed by atoms with Crippen LogP contribution in [0.5, 0.6) is 0 Å². The zero-order chi connectivity index (χ0) is 12.6. The maximum atomic E-state index is 10.4. The van der Waals surface area contributed by atoms with Crippen LogP contribution in [-0.4, -0.2) is 14.9 Å². The lowest BCUT2D eigenvalue weighted by Crippen LogP contribution is -2.09. The molecule has 2 heterocycles. The summed E-state index contributed by atoms with van der Waals surface area (Å²) in [6, 6.07) is 1.88. The van der Waals surface area contributed by atoms with E-state index in [1.165, 1.54) is 11.3 Å². The van der Waals surface area contributed by atoms with Gasteiger partial charge in [0.1, 0.15) is 6.10 Å². The third kappa shape index (κ3) is 2.61. The summed E-state index contributed by atoms with van der Waals surface area (Å²) in [4.78, 5) is 0. The number of hydrogen-bond acceptors (Lipinski definition) is 3. The van der Waals surface area contributed by atoms with Gasteiger partial charge in [-0.05, 0) is 44.8 Å². The van der Waals surface area contributed by atoms with E-state index < -0.39 is 6.10 Å². The molecule has 1 N–H and O–H groups in total. The molecule has 0 aliphatic rings. The molecule has 0 fully saturated rings. The highest BCUT2D eigenvalue weighted by Gasteiger charge is 2.22. The van der Waals surface area contributed by atoms with Crippen LogP contribution in [0.1, 0.15) is 24.3 Å². The van der Waals surface area contributed by atoms with Gasteiger partial charge in [-0.2, -0.15) is 5.10 Å². The van der Waals surface area contributed by atoms with Crippen LogP contribution in [0.4, 0.5) is 0 Å². The van der Waals surface area contributed by atoms with Gasteiger partial charge in [-0.1, -0.05) is 11.6 Å². The third-order valence-electron chi connectivity index (χ3n) is 2.37. The van der Waals surface area contributed by atoms with Crippen molar-refractivity contribution in [1.29, 1.82) is 0 Å². The van der Waals surface area contributed by atoms with E-state index in [2.05, 4.69) is 37.0 Å². The predicted molar refractivity (Wildman–Crippen MR) is 76.7 cm³/mol. The first-order valence-electron chi connectivity index (χ1n) is 4.88. The largest absolute Gasteiger partial charge is 0.382 e. The Bertz CT molecular complexity index is 540. The second-order valence-corrected chi connectivity index (χ2v) is 7.53. The summed E-state index contributed by atoms with van der Waals surface area (Å²) in [6.07, 6.45) is 0.778. The zero-order valence-electron chi connectivity index (χ0n) is 8.82. The molecule has 7 heteroatoms. The average Bonchev–Trinajstić information content (AvgIpc) is 2.80. The van der Waals surface area contributed by atoms with Crippen molar-refractivity contribution in [1.82, 2.24) is 9.78 Å². The van der Waals surface area contributed by atoms with Gasteiger partial charge in [0.2, 0.25) is 0 Å². The Labute approximate surface area is 125 Å². The Morgan fingerprint density at radius 2 is 2.29 bits per heavy atom. The number of aromatic nitrogens is 2. The van der Waals surface area contributed by atoms with Crippen molar-refractivity contribution in [3.05, 3.63) is 36.1 Å². The molecule has 1 unspecified atom stereocenters. The molecule has 2 aromatic rings. The number of nitrogens with zero attached hydrogens (tertiary/aromatic N) is 2. The summed E-state index contributed by atoms with van der Waals surface area (Å²) < 4.78 is 3.54. The highest BCUT2D eigenvalue weighted by atomic mass is 79.9. The Hall–Kier alpha value is 0.120. The van der Waals surface area contributed by atoms with E-state index in [1.807, 2.05) is 13.0 Å². The SMILES string of the molecule is CCn1ncc(Cl)c1C(O)c1cc(Br)sc1Br. The van der Waals surface area contributed by atoms with Crippen LogP contribution in [0.2, 0.25) is 5.02 Å². The number of halogens is 3. The van der Waals surface area contributed by atoms with Gasteiger partial charge in [-0.15, -0.1) is 11.3 Å². The molecular weight excluding hydrogens is 391 g/mol. The molecule has 0 saturated heterocycles. The first-order chi connectivity index (χ1) is 8.04. The highest BCUT2D eigenvalue weighted by Crippen LogP contribution is 2.39. The molecule has 0 saturated carbocycles. The van der Waals surface area contributed by atoms with Gasteiger partial charge in [-0.25, -0.2) is 0 Å². The topological polar surface area (TPSA) is 38.0 Å². The molecule has 3 nitrogen and oxygen atoms in total. The lowest BCUT2D eigenvalue weighted by Gasteiger charge is -2.12. The molecule has 92 valence electrons. The second-order valence-electron chi connectivity index (χ2n) is 3.38. The summed E-state index contributed by atoms with van der Waals surface area (Å²) >= 11 is 14.4. The minimum Gasteiger partial charge on any atom is -0.382 e. The van der Waals surface area contributed by atoms with Crippen molar-refractivity contribution in [2.45, 2.75) is 19.6 Å². The summed E-state index contributed by atoms with van der Waals surface area (Å²) in [6.45, 7) is 2.63. The minimum atomic E-state index is -0.776. The summed E-state index contributed by atoms with van der Waals surface area (Å²) in [5, 5.41) is 15.0. The summed E-state index contributed by atoms with van der Waals surface area (Å²) in [5.74, 6) is 0. The van der Waals surface area contributed by atoms with Crippen molar-refractivity contribution in [3.8, 4) is 0 Å². The van der Waals surface area contributed by atoms with Crippen LogP contribution in [0, 0.1) is 0 Å². The van der Waals surface area contributed by atoms with Crippen LogP contribution in [-0.2, 0) is 6.54 Å². The normalized spacial score (nSPS) is 13.0. The lowest BCUT2D eigenvalue weighted by atomic mass is 10.1. The maximum Gasteiger partial charge on any atom is 0.124 e. The summed E-state index contributed by atoms with van der Waals surface area (Å²) in [7, 11) is 0. The molecule has 0 amide bonds. The number of rotatable bonds is 3. The molecule has 0 aliphatic heterocycles. The smallest absolute Gasteiger partial charge is 0.124 e. The average molecular weight is 401 g/mol. The van der Waals surface area contributed by atoms with Crippen molar-refractivity contribution < 1.29 is 5.11 Å². The molecule has 0 radical (unpaired) electrons. The number of aliphatic hydroxyl groups is 1. The molecule has 0 bridgehead atoms. The fourth-order valence-corrected chi connectivity index (χ4v) is 4.71. The summed E-state index contributed by atoms with van der Waals surface area (Å²) in [5.41, 5.74) is 1.42. The maximum absolute atomic E-state index is 10.4. The van der Waals surface area contributed by atoms with Gasteiger partial charge >= 0.3 is 0 Å². The van der Waals surface area contributed by atoms with Crippen molar-refractivity contribution in [2.24, 2.45) is 0 Å². The Morgan fingerprint density at radius 1 is 1.59 bits per heavy atom. The van der Waals surface area contributed by atoms with Crippen molar-refractivity contribution >= 4 is 54.8 Å². The fourth-order valence-electron chi connectivity index (χ4n) is 1.58. The van der Waals surface area contributed by atoms with Crippen molar-refractivity contribution in [3.63, 3.8) is 0 Å². The van der Waals surface area contributed by atoms with E-state index in [9.17, 15) is 5.11 Å². The number of hydrogen-bond donors (Lipinski definition) is 1. The molecule has 0 aromatic carbocycles. The minimum absolute atomic E-state index is 0.480. The number of aliphatic hydroxyl groups excluding tert-OH is 1. The van der Waals surface area contributed by atoms with Crippen LogP contribution in [0.15, 0.2) is 19.8 Å². The van der Waals surface area contributed by atoms with Gasteiger partial charge in [-0.3, -0.25) is 4.68 Å². The lowest BCUT2D eigenvalue weighted by molar-refractivity contribution is 0.208. The van der Waals surface area contributed by atoms with E-state index in [0.29, 0.717) is 17.3 Å². The molecule has 2 rings (SSSR count). The van der Waals surface area contributed by atoms with E-state index in [0.717, 1.165) is 13.1 Å². The first kappa shape index (κ1) is 13.5. The second kappa shape index (κ2) is 5.40. The monoisotopic (exact) mass is 398 g/mol. The van der Waals surface area contributed by atoms with Gasteiger partial charge < -0.3 is 5.11 Å². The fraction of sp³-hybridized carbons (Fsp3) is 0.300. The van der Waals surface area contributed by atoms with Crippen LogP contribution < -0.4 is 0 Å². The third-order valence-corrected chi connectivity index (χ3v) is 5.05. The Balaban J connectivity index is 2.46.